The van der Waals surface area contributed by atoms with Crippen molar-refractivity contribution in [1.29, 1.82) is 0 Å². The molecule has 9 nitrogen and oxygen atoms in total. The van der Waals surface area contributed by atoms with E-state index in [2.05, 4.69) is 25.8 Å². The van der Waals surface area contributed by atoms with Gasteiger partial charge in [0.2, 0.25) is 0 Å². The Kier molecular flexibility index (Phi) is 6.72. The highest BCUT2D eigenvalue weighted by Gasteiger charge is 2.25. The second-order valence-electron chi connectivity index (χ2n) is 6.45. The normalized spacial score (nSPS) is 14.4. The zero-order chi connectivity index (χ0) is 19.8. The lowest BCUT2D eigenvalue weighted by Gasteiger charge is -2.31. The summed E-state index contributed by atoms with van der Waals surface area (Å²) in [6, 6.07) is 7.20. The van der Waals surface area contributed by atoms with Gasteiger partial charge in [-0.25, -0.2) is 4.79 Å². The van der Waals surface area contributed by atoms with E-state index in [0.717, 1.165) is 5.56 Å². The summed E-state index contributed by atoms with van der Waals surface area (Å²) in [6.07, 6.45) is 4.56. The summed E-state index contributed by atoms with van der Waals surface area (Å²) in [5.41, 5.74) is 1.29. The summed E-state index contributed by atoms with van der Waals surface area (Å²) in [5.74, 6) is 0.323. The Morgan fingerprint density at radius 2 is 2.04 bits per heavy atom. The lowest BCUT2D eigenvalue weighted by atomic mass is 10.1. The minimum Gasteiger partial charge on any atom is -0.450 e. The van der Waals surface area contributed by atoms with Crippen LogP contribution in [0.4, 0.5) is 10.6 Å². The predicted octanol–water partition coefficient (Wildman–Crippen LogP) is 1.83. The summed E-state index contributed by atoms with van der Waals surface area (Å²) in [7, 11) is 0. The van der Waals surface area contributed by atoms with Crippen LogP contribution in [0.1, 0.15) is 35.8 Å². The fourth-order valence-electron chi connectivity index (χ4n) is 2.92. The number of anilines is 1. The number of pyridine rings is 1. The first-order valence-electron chi connectivity index (χ1n) is 9.34. The summed E-state index contributed by atoms with van der Waals surface area (Å²) in [4.78, 5) is 29.8. The molecule has 9 heteroatoms. The molecule has 0 aromatic carbocycles. The second-order valence-corrected chi connectivity index (χ2v) is 6.45. The Hall–Kier alpha value is -3.23. The topological polar surface area (TPSA) is 109 Å². The fourth-order valence-corrected chi connectivity index (χ4v) is 2.92. The highest BCUT2D eigenvalue weighted by Crippen LogP contribution is 2.12. The van der Waals surface area contributed by atoms with E-state index in [1.54, 1.807) is 36.4 Å². The quantitative estimate of drug-likeness (QED) is 0.782. The molecule has 0 spiro atoms. The van der Waals surface area contributed by atoms with Gasteiger partial charge in [-0.3, -0.25) is 9.78 Å². The van der Waals surface area contributed by atoms with Crippen molar-refractivity contribution in [2.45, 2.75) is 32.4 Å². The number of rotatable bonds is 6. The van der Waals surface area contributed by atoms with Crippen LogP contribution in [0, 0.1) is 0 Å². The number of nitrogens with one attached hydrogen (secondary N) is 2. The third kappa shape index (κ3) is 5.38. The van der Waals surface area contributed by atoms with Gasteiger partial charge < -0.3 is 20.3 Å². The number of carbonyl (C=O) groups is 2. The van der Waals surface area contributed by atoms with Crippen LogP contribution >= 0.6 is 0 Å². The molecule has 1 aliphatic rings. The van der Waals surface area contributed by atoms with E-state index in [1.807, 2.05) is 12.1 Å². The van der Waals surface area contributed by atoms with Crippen LogP contribution in [-0.4, -0.2) is 57.8 Å². The highest BCUT2D eigenvalue weighted by molar-refractivity contribution is 5.92. The number of amides is 2. The summed E-state index contributed by atoms with van der Waals surface area (Å²) in [6.45, 7) is 3.85. The Morgan fingerprint density at radius 1 is 1.21 bits per heavy atom. The van der Waals surface area contributed by atoms with Crippen LogP contribution in [0.25, 0.3) is 0 Å². The molecule has 0 bridgehead atoms. The minimum absolute atomic E-state index is 0.00311. The van der Waals surface area contributed by atoms with Crippen LogP contribution in [-0.2, 0) is 11.3 Å². The average molecular weight is 384 g/mol. The molecule has 2 aromatic rings. The molecule has 1 saturated heterocycles. The molecule has 0 atom stereocenters. The number of nitrogens with zero attached hydrogens (tertiary/aromatic N) is 4. The molecule has 3 rings (SSSR count). The molecule has 2 N–H and O–H groups in total. The monoisotopic (exact) mass is 384 g/mol. The summed E-state index contributed by atoms with van der Waals surface area (Å²) >= 11 is 0. The molecular weight excluding hydrogens is 360 g/mol. The lowest BCUT2D eigenvalue weighted by molar-refractivity contribution is 0.0856. The first-order valence-corrected chi connectivity index (χ1v) is 9.34. The van der Waals surface area contributed by atoms with Crippen LogP contribution < -0.4 is 10.6 Å². The summed E-state index contributed by atoms with van der Waals surface area (Å²) < 4.78 is 5.00. The summed E-state index contributed by atoms with van der Waals surface area (Å²) in [5, 5.41) is 14.1. The highest BCUT2D eigenvalue weighted by atomic mass is 16.6. The van der Waals surface area contributed by atoms with Gasteiger partial charge >= 0.3 is 6.09 Å². The average Bonchev–Trinajstić information content (AvgIpc) is 2.74. The number of aromatic nitrogens is 3. The molecule has 0 unspecified atom stereocenters. The minimum atomic E-state index is -0.299. The SMILES string of the molecule is CCOC(=O)N1CCC(NC(=O)c2ccc(NCc3cccnc3)nn2)CC1. The smallest absolute Gasteiger partial charge is 0.409 e. The van der Waals surface area contributed by atoms with Crippen molar-refractivity contribution in [2.24, 2.45) is 0 Å². The number of piperidine rings is 1. The number of hydrogen-bond acceptors (Lipinski definition) is 7. The van der Waals surface area contributed by atoms with Gasteiger partial charge in [0.25, 0.3) is 5.91 Å². The molecule has 2 aromatic heterocycles. The van der Waals surface area contributed by atoms with E-state index in [4.69, 9.17) is 4.74 Å². The van der Waals surface area contributed by atoms with Crippen molar-refractivity contribution < 1.29 is 14.3 Å². The molecule has 1 aliphatic heterocycles. The molecule has 28 heavy (non-hydrogen) atoms. The van der Waals surface area contributed by atoms with Crippen LogP contribution in [0.15, 0.2) is 36.7 Å². The molecule has 1 fully saturated rings. The number of likely N-dealkylation sites (tertiary alicyclic amines) is 1. The van der Waals surface area contributed by atoms with Crippen molar-refractivity contribution in [2.75, 3.05) is 25.0 Å². The number of hydrogen-bond donors (Lipinski definition) is 2. The molecule has 2 amide bonds. The lowest BCUT2D eigenvalue weighted by Crippen LogP contribution is -2.46. The molecule has 148 valence electrons. The molecule has 3 heterocycles. The first-order chi connectivity index (χ1) is 13.7. The standard InChI is InChI=1S/C19H24N6O3/c1-2-28-19(27)25-10-7-15(8-11-25)22-18(26)16-5-6-17(24-23-16)21-13-14-4-3-9-20-12-14/h3-6,9,12,15H,2,7-8,10-11,13H2,1H3,(H,21,24)(H,22,26). The maximum atomic E-state index is 12.4. The van der Waals surface area contributed by atoms with Gasteiger partial charge in [0, 0.05) is 38.1 Å². The van der Waals surface area contributed by atoms with E-state index in [-0.39, 0.29) is 23.7 Å². The first kappa shape index (κ1) is 19.5. The van der Waals surface area contributed by atoms with Crippen molar-refractivity contribution in [3.05, 3.63) is 47.9 Å². The van der Waals surface area contributed by atoms with E-state index >= 15 is 0 Å². The third-order valence-corrected chi connectivity index (χ3v) is 4.45. The molecule has 0 aliphatic carbocycles. The van der Waals surface area contributed by atoms with Gasteiger partial charge in [-0.2, -0.15) is 0 Å². The zero-order valence-corrected chi connectivity index (χ0v) is 15.8. The fraction of sp³-hybridized carbons (Fsp3) is 0.421. The van der Waals surface area contributed by atoms with Crippen LogP contribution in [0.5, 0.6) is 0 Å². The second kappa shape index (κ2) is 9.63. The van der Waals surface area contributed by atoms with E-state index in [0.29, 0.717) is 44.9 Å². The van der Waals surface area contributed by atoms with Crippen molar-refractivity contribution in [3.8, 4) is 0 Å². The molecular formula is C19H24N6O3. The maximum absolute atomic E-state index is 12.4. The molecule has 0 radical (unpaired) electrons. The Bertz CT molecular complexity index is 776. The number of ether oxygens (including phenoxy) is 1. The third-order valence-electron chi connectivity index (χ3n) is 4.45. The largest absolute Gasteiger partial charge is 0.450 e. The molecule has 0 saturated carbocycles. The van der Waals surface area contributed by atoms with E-state index in [9.17, 15) is 9.59 Å². The van der Waals surface area contributed by atoms with Gasteiger partial charge in [-0.1, -0.05) is 6.07 Å². The van der Waals surface area contributed by atoms with Crippen molar-refractivity contribution in [3.63, 3.8) is 0 Å². The number of carbonyl (C=O) groups excluding carboxylic acids is 2. The van der Waals surface area contributed by atoms with Gasteiger partial charge in [0.15, 0.2) is 5.69 Å². The van der Waals surface area contributed by atoms with Gasteiger partial charge in [-0.15, -0.1) is 10.2 Å². The van der Waals surface area contributed by atoms with Crippen LogP contribution in [0.2, 0.25) is 0 Å². The van der Waals surface area contributed by atoms with Gasteiger partial charge in [-0.05, 0) is 43.5 Å². The maximum Gasteiger partial charge on any atom is 0.409 e. The Labute approximate surface area is 163 Å². The predicted molar refractivity (Wildman–Crippen MR) is 103 cm³/mol. The van der Waals surface area contributed by atoms with Gasteiger partial charge in [0.05, 0.1) is 6.61 Å². The van der Waals surface area contributed by atoms with Crippen LogP contribution in [0.3, 0.4) is 0 Å². The van der Waals surface area contributed by atoms with Gasteiger partial charge in [0.1, 0.15) is 5.82 Å². The van der Waals surface area contributed by atoms with Crippen molar-refractivity contribution >= 4 is 17.8 Å². The zero-order valence-electron chi connectivity index (χ0n) is 15.8. The van der Waals surface area contributed by atoms with E-state index < -0.39 is 0 Å². The Morgan fingerprint density at radius 3 is 2.68 bits per heavy atom. The van der Waals surface area contributed by atoms with E-state index in [1.165, 1.54) is 0 Å². The van der Waals surface area contributed by atoms with Crippen molar-refractivity contribution in [1.82, 2.24) is 25.4 Å². The Balaban J connectivity index is 1.45.